The number of ether oxygens (including phenoxy) is 1. The number of amides is 3. The van der Waals surface area contributed by atoms with Crippen LogP contribution in [-0.2, 0) is 25.5 Å². The minimum atomic E-state index is -0.797. The van der Waals surface area contributed by atoms with E-state index in [1.807, 2.05) is 24.3 Å². The van der Waals surface area contributed by atoms with Crippen molar-refractivity contribution in [1.29, 1.82) is 0 Å². The Kier molecular flexibility index (Phi) is 10.5. The van der Waals surface area contributed by atoms with Crippen molar-refractivity contribution in [3.05, 3.63) is 34.9 Å². The Morgan fingerprint density at radius 2 is 1.81 bits per heavy atom. The van der Waals surface area contributed by atoms with Crippen LogP contribution in [0.4, 0.5) is 4.79 Å². The molecule has 3 amide bonds. The zero-order valence-electron chi connectivity index (χ0n) is 24.6. The molecule has 9 heteroatoms. The van der Waals surface area contributed by atoms with Crippen LogP contribution in [0.15, 0.2) is 24.3 Å². The second-order valence-electron chi connectivity index (χ2n) is 13.3. The Hall–Kier alpha value is -2.61. The lowest BCUT2D eigenvalue weighted by Crippen LogP contribution is -2.52. The third-order valence-corrected chi connectivity index (χ3v) is 10.4. The number of benzene rings is 1. The van der Waals surface area contributed by atoms with Crippen molar-refractivity contribution in [3.8, 4) is 0 Å². The van der Waals surface area contributed by atoms with Gasteiger partial charge in [0.2, 0.25) is 11.8 Å². The molecule has 5 atom stereocenters. The van der Waals surface area contributed by atoms with E-state index >= 15 is 0 Å². The second-order valence-corrected chi connectivity index (χ2v) is 13.7. The monoisotopic (exact) mass is 599 g/mol. The van der Waals surface area contributed by atoms with E-state index in [1.165, 1.54) is 6.42 Å². The van der Waals surface area contributed by atoms with Crippen LogP contribution in [-0.4, -0.2) is 47.9 Å². The first-order chi connectivity index (χ1) is 20.3. The summed E-state index contributed by atoms with van der Waals surface area (Å²) >= 11 is 6.17. The third-order valence-electron chi connectivity index (χ3n) is 10.1. The topological polar surface area (TPSA) is 114 Å². The van der Waals surface area contributed by atoms with Crippen LogP contribution in [0.25, 0.3) is 0 Å². The Labute approximate surface area is 254 Å². The zero-order valence-corrected chi connectivity index (χ0v) is 25.3. The predicted molar refractivity (Wildman–Crippen MR) is 161 cm³/mol. The van der Waals surface area contributed by atoms with E-state index in [-0.39, 0.29) is 41.7 Å². The first-order valence-corrected chi connectivity index (χ1v) is 16.5. The Morgan fingerprint density at radius 1 is 1.02 bits per heavy atom. The van der Waals surface area contributed by atoms with Gasteiger partial charge in [0.15, 0.2) is 0 Å². The molecule has 3 saturated carbocycles. The van der Waals surface area contributed by atoms with Crippen molar-refractivity contribution < 1.29 is 23.9 Å². The normalized spacial score (nSPS) is 26.9. The lowest BCUT2D eigenvalue weighted by molar-refractivity contribution is -0.127. The minimum Gasteiger partial charge on any atom is -0.446 e. The average Bonchev–Trinajstić information content (AvgIpc) is 3.69. The summed E-state index contributed by atoms with van der Waals surface area (Å²) < 4.78 is 5.92. The van der Waals surface area contributed by atoms with Gasteiger partial charge in [0, 0.05) is 22.4 Å². The zero-order chi connectivity index (χ0) is 29.5. The van der Waals surface area contributed by atoms with Crippen LogP contribution in [0.1, 0.15) is 102 Å². The van der Waals surface area contributed by atoms with Crippen molar-refractivity contribution in [2.45, 2.75) is 126 Å². The fourth-order valence-electron chi connectivity index (χ4n) is 7.95. The molecule has 0 bridgehead atoms. The first kappa shape index (κ1) is 30.8. The molecule has 42 heavy (non-hydrogen) atoms. The van der Waals surface area contributed by atoms with Crippen molar-refractivity contribution in [2.24, 2.45) is 17.8 Å². The lowest BCUT2D eigenvalue weighted by Gasteiger charge is -2.28. The SMILES string of the molecule is O=CC(CC1CC2(CCCC2)NC1=O)NC(=O)[C@H](CC1CCCCC1)NC(=O)OC1CCCC1Cc1cccc(Cl)c1. The summed E-state index contributed by atoms with van der Waals surface area (Å²) in [6, 6.07) is 6.19. The molecular formula is C33H46ClN3O5. The van der Waals surface area contributed by atoms with Gasteiger partial charge in [-0.3, -0.25) is 9.59 Å². The molecule has 5 rings (SSSR count). The maximum Gasteiger partial charge on any atom is 0.408 e. The molecular weight excluding hydrogens is 554 g/mol. The number of hydrogen-bond acceptors (Lipinski definition) is 5. The van der Waals surface area contributed by atoms with E-state index in [1.54, 1.807) is 0 Å². The number of carbonyl (C=O) groups is 4. The summed E-state index contributed by atoms with van der Waals surface area (Å²) in [6.07, 6.45) is 14.5. The van der Waals surface area contributed by atoms with Crippen molar-refractivity contribution in [3.63, 3.8) is 0 Å². The molecule has 1 aromatic carbocycles. The molecule has 1 spiro atoms. The maximum absolute atomic E-state index is 13.5. The van der Waals surface area contributed by atoms with Crippen LogP contribution >= 0.6 is 11.6 Å². The van der Waals surface area contributed by atoms with E-state index in [9.17, 15) is 19.2 Å². The summed E-state index contributed by atoms with van der Waals surface area (Å²) in [4.78, 5) is 51.5. The summed E-state index contributed by atoms with van der Waals surface area (Å²) in [5, 5.41) is 9.59. The number of alkyl carbamates (subject to hydrolysis) is 1. The molecule has 3 N–H and O–H groups in total. The van der Waals surface area contributed by atoms with E-state index in [4.69, 9.17) is 16.3 Å². The number of halogens is 1. The van der Waals surface area contributed by atoms with Gasteiger partial charge < -0.3 is 25.5 Å². The molecule has 4 aliphatic rings. The number of hydrogen-bond donors (Lipinski definition) is 3. The van der Waals surface area contributed by atoms with Gasteiger partial charge in [-0.1, -0.05) is 68.7 Å². The highest BCUT2D eigenvalue weighted by Gasteiger charge is 2.46. The van der Waals surface area contributed by atoms with Crippen LogP contribution in [0.2, 0.25) is 5.02 Å². The predicted octanol–water partition coefficient (Wildman–Crippen LogP) is 5.64. The molecule has 1 aliphatic heterocycles. The lowest BCUT2D eigenvalue weighted by atomic mass is 9.84. The largest absolute Gasteiger partial charge is 0.446 e. The quantitative estimate of drug-likeness (QED) is 0.285. The molecule has 1 heterocycles. The number of carbonyl (C=O) groups excluding carboxylic acids is 4. The number of aldehydes is 1. The van der Waals surface area contributed by atoms with E-state index < -0.39 is 18.2 Å². The summed E-state index contributed by atoms with van der Waals surface area (Å²) in [5.41, 5.74) is 0.978. The van der Waals surface area contributed by atoms with Crippen LogP contribution in [0.5, 0.6) is 0 Å². The molecule has 4 fully saturated rings. The van der Waals surface area contributed by atoms with Gasteiger partial charge in [-0.2, -0.15) is 0 Å². The van der Waals surface area contributed by atoms with Gasteiger partial charge in [-0.15, -0.1) is 0 Å². The Bertz CT molecular complexity index is 1120. The molecule has 230 valence electrons. The molecule has 0 aromatic heterocycles. The van der Waals surface area contributed by atoms with E-state index in [0.717, 1.165) is 88.9 Å². The van der Waals surface area contributed by atoms with Gasteiger partial charge in [0.05, 0.1) is 6.04 Å². The minimum absolute atomic E-state index is 0.0256. The van der Waals surface area contributed by atoms with Gasteiger partial charge in [0.1, 0.15) is 18.4 Å². The van der Waals surface area contributed by atoms with Crippen molar-refractivity contribution in [2.75, 3.05) is 0 Å². The molecule has 4 unspecified atom stereocenters. The van der Waals surface area contributed by atoms with E-state index in [2.05, 4.69) is 16.0 Å². The highest BCUT2D eigenvalue weighted by Crippen LogP contribution is 2.40. The summed E-state index contributed by atoms with van der Waals surface area (Å²) in [5.74, 6) is -0.186. The Balaban J connectivity index is 1.19. The Morgan fingerprint density at radius 3 is 2.55 bits per heavy atom. The molecule has 3 aliphatic carbocycles. The van der Waals surface area contributed by atoms with Gasteiger partial charge >= 0.3 is 6.09 Å². The van der Waals surface area contributed by atoms with E-state index in [0.29, 0.717) is 23.8 Å². The summed E-state index contributed by atoms with van der Waals surface area (Å²) in [6.45, 7) is 0. The molecule has 1 saturated heterocycles. The molecule has 8 nitrogen and oxygen atoms in total. The second kappa shape index (κ2) is 14.2. The maximum atomic E-state index is 13.5. The highest BCUT2D eigenvalue weighted by atomic mass is 35.5. The standard InChI is InChI=1S/C33H46ClN3O5/c34-26-12-6-10-23(17-26)16-24-11-7-13-29(24)42-32(41)36-28(18-22-8-2-1-3-9-22)31(40)35-27(21-38)19-25-20-33(37-30(25)39)14-4-5-15-33/h6,10,12,17,21-22,24-25,27-29H,1-5,7-9,11,13-16,18-20H2,(H,35,40)(H,36,41)(H,37,39)/t24?,25?,27?,28-,29?/m0/s1. The van der Waals surface area contributed by atoms with Crippen LogP contribution in [0, 0.1) is 17.8 Å². The van der Waals surface area contributed by atoms with Gasteiger partial charge in [-0.05, 0) is 81.4 Å². The smallest absolute Gasteiger partial charge is 0.408 e. The van der Waals surface area contributed by atoms with Gasteiger partial charge in [-0.25, -0.2) is 4.79 Å². The molecule has 1 aromatic rings. The summed E-state index contributed by atoms with van der Waals surface area (Å²) in [7, 11) is 0. The first-order valence-electron chi connectivity index (χ1n) is 16.1. The fraction of sp³-hybridized carbons (Fsp3) is 0.697. The molecule has 0 radical (unpaired) electrons. The number of rotatable bonds is 11. The van der Waals surface area contributed by atoms with Gasteiger partial charge in [0.25, 0.3) is 0 Å². The van der Waals surface area contributed by atoms with Crippen LogP contribution in [0.3, 0.4) is 0 Å². The highest BCUT2D eigenvalue weighted by molar-refractivity contribution is 6.30. The number of nitrogens with one attached hydrogen (secondary N) is 3. The van der Waals surface area contributed by atoms with Crippen molar-refractivity contribution >= 4 is 35.8 Å². The van der Waals surface area contributed by atoms with Crippen molar-refractivity contribution in [1.82, 2.24) is 16.0 Å². The third kappa shape index (κ3) is 8.06. The fourth-order valence-corrected chi connectivity index (χ4v) is 8.16. The average molecular weight is 600 g/mol. The van der Waals surface area contributed by atoms with Crippen LogP contribution < -0.4 is 16.0 Å².